The third-order valence-electron chi connectivity index (χ3n) is 2.39. The number of aromatic hydroxyl groups is 1. The summed E-state index contributed by atoms with van der Waals surface area (Å²) in [6.07, 6.45) is 1.34. The number of hydrogen-bond acceptors (Lipinski definition) is 5. The first-order valence-electron chi connectivity index (χ1n) is 6.39. The summed E-state index contributed by atoms with van der Waals surface area (Å²) in [4.78, 5) is 23.3. The van der Waals surface area contributed by atoms with E-state index in [1.54, 1.807) is 26.0 Å². The van der Waals surface area contributed by atoms with Gasteiger partial charge in [0.1, 0.15) is 5.75 Å². The molecule has 0 aliphatic heterocycles. The predicted octanol–water partition coefficient (Wildman–Crippen LogP) is 2.29. The van der Waals surface area contributed by atoms with Crippen LogP contribution >= 0.6 is 0 Å². The third kappa shape index (κ3) is 5.14. The molecule has 0 heterocycles. The molecule has 0 saturated heterocycles. The Morgan fingerprint density at radius 1 is 1.20 bits per heavy atom. The number of phenolic OH excluding ortho intramolecular Hbond substituents is 1. The summed E-state index contributed by atoms with van der Waals surface area (Å²) in [6.45, 7) is 3.86. The maximum Gasteiger partial charge on any atom is 0.334 e. The minimum absolute atomic E-state index is 0.0816. The lowest BCUT2D eigenvalue weighted by atomic mass is 10.1. The zero-order valence-corrected chi connectivity index (χ0v) is 11.6. The highest BCUT2D eigenvalue weighted by Gasteiger charge is 2.16. The molecular formula is C15H18O5. The van der Waals surface area contributed by atoms with Gasteiger partial charge in [-0.25, -0.2) is 4.79 Å². The van der Waals surface area contributed by atoms with E-state index in [0.29, 0.717) is 5.56 Å². The van der Waals surface area contributed by atoms with E-state index in [0.717, 1.165) is 0 Å². The van der Waals surface area contributed by atoms with Gasteiger partial charge in [-0.3, -0.25) is 4.79 Å². The summed E-state index contributed by atoms with van der Waals surface area (Å²) in [5.41, 5.74) is 0.799. The van der Waals surface area contributed by atoms with E-state index < -0.39 is 11.9 Å². The maximum atomic E-state index is 11.8. The van der Waals surface area contributed by atoms with Crippen LogP contribution in [-0.2, 0) is 19.1 Å². The molecule has 5 nitrogen and oxygen atoms in total. The molecule has 108 valence electrons. The summed E-state index contributed by atoms with van der Waals surface area (Å²) in [5, 5.41) is 9.40. The van der Waals surface area contributed by atoms with Crippen LogP contribution < -0.4 is 0 Å². The molecule has 1 aromatic carbocycles. The summed E-state index contributed by atoms with van der Waals surface area (Å²) < 4.78 is 9.73. The third-order valence-corrected chi connectivity index (χ3v) is 2.39. The number of carbonyl (C=O) groups excluding carboxylic acids is 2. The van der Waals surface area contributed by atoms with Gasteiger partial charge in [-0.15, -0.1) is 0 Å². The van der Waals surface area contributed by atoms with Gasteiger partial charge in [0, 0.05) is 5.57 Å². The molecule has 0 unspecified atom stereocenters. The zero-order chi connectivity index (χ0) is 15.0. The number of hydrogen-bond donors (Lipinski definition) is 1. The average molecular weight is 278 g/mol. The first-order chi connectivity index (χ1) is 9.56. The van der Waals surface area contributed by atoms with Crippen molar-refractivity contribution in [2.45, 2.75) is 20.3 Å². The molecule has 1 N–H and O–H groups in total. The van der Waals surface area contributed by atoms with Crippen LogP contribution in [-0.4, -0.2) is 30.3 Å². The Morgan fingerprint density at radius 2 is 1.90 bits per heavy atom. The van der Waals surface area contributed by atoms with E-state index in [2.05, 4.69) is 0 Å². The topological polar surface area (TPSA) is 72.8 Å². The summed E-state index contributed by atoms with van der Waals surface area (Å²) in [6, 6.07) is 6.37. The smallest absolute Gasteiger partial charge is 0.334 e. The summed E-state index contributed by atoms with van der Waals surface area (Å²) in [5.74, 6) is -0.978. The molecule has 0 aliphatic carbocycles. The van der Waals surface area contributed by atoms with Crippen molar-refractivity contribution in [2.75, 3.05) is 13.2 Å². The second kappa shape index (κ2) is 7.99. The molecule has 0 fully saturated rings. The molecular weight excluding hydrogens is 260 g/mol. The Labute approximate surface area is 117 Å². The van der Waals surface area contributed by atoms with Gasteiger partial charge in [-0.2, -0.15) is 0 Å². The lowest BCUT2D eigenvalue weighted by Gasteiger charge is -2.07. The SMILES string of the molecule is CCOC(=O)CC(=Cc1cccc(O)c1)C(=O)OCC. The van der Waals surface area contributed by atoms with Crippen molar-refractivity contribution in [2.24, 2.45) is 0 Å². The molecule has 5 heteroatoms. The van der Waals surface area contributed by atoms with Crippen molar-refractivity contribution in [1.29, 1.82) is 0 Å². The fourth-order valence-electron chi connectivity index (χ4n) is 1.59. The van der Waals surface area contributed by atoms with Gasteiger partial charge in [0.25, 0.3) is 0 Å². The van der Waals surface area contributed by atoms with Crippen molar-refractivity contribution in [3.05, 3.63) is 35.4 Å². The Bertz CT molecular complexity index is 505. The maximum absolute atomic E-state index is 11.8. The molecule has 0 aromatic heterocycles. The van der Waals surface area contributed by atoms with Crippen LogP contribution in [0.4, 0.5) is 0 Å². The normalized spacial score (nSPS) is 11.0. The van der Waals surface area contributed by atoms with E-state index in [4.69, 9.17) is 9.47 Å². The number of carbonyl (C=O) groups is 2. The second-order valence-corrected chi connectivity index (χ2v) is 3.97. The molecule has 0 atom stereocenters. The molecule has 1 aromatic rings. The monoisotopic (exact) mass is 278 g/mol. The van der Waals surface area contributed by atoms with Gasteiger partial charge in [-0.05, 0) is 37.6 Å². The first-order valence-corrected chi connectivity index (χ1v) is 6.39. The van der Waals surface area contributed by atoms with E-state index in [1.807, 2.05) is 0 Å². The van der Waals surface area contributed by atoms with Gasteiger partial charge >= 0.3 is 11.9 Å². The van der Waals surface area contributed by atoms with Crippen LogP contribution in [0.1, 0.15) is 25.8 Å². The fourth-order valence-corrected chi connectivity index (χ4v) is 1.59. The van der Waals surface area contributed by atoms with Gasteiger partial charge in [0.2, 0.25) is 0 Å². The Kier molecular flexibility index (Phi) is 6.29. The van der Waals surface area contributed by atoms with Gasteiger partial charge in [-0.1, -0.05) is 12.1 Å². The quantitative estimate of drug-likeness (QED) is 0.638. The molecule has 0 saturated carbocycles. The van der Waals surface area contributed by atoms with Crippen molar-refractivity contribution < 1.29 is 24.2 Å². The zero-order valence-electron chi connectivity index (χ0n) is 11.6. The van der Waals surface area contributed by atoms with Gasteiger partial charge in [0.15, 0.2) is 0 Å². The van der Waals surface area contributed by atoms with Crippen LogP contribution in [0.2, 0.25) is 0 Å². The Morgan fingerprint density at radius 3 is 2.50 bits per heavy atom. The molecule has 0 radical (unpaired) electrons. The number of esters is 2. The molecule has 0 bridgehead atoms. The highest BCUT2D eigenvalue weighted by Crippen LogP contribution is 2.17. The lowest BCUT2D eigenvalue weighted by molar-refractivity contribution is -0.145. The Hall–Kier alpha value is -2.30. The first kappa shape index (κ1) is 15.8. The highest BCUT2D eigenvalue weighted by atomic mass is 16.5. The van der Waals surface area contributed by atoms with Crippen molar-refractivity contribution >= 4 is 18.0 Å². The molecule has 0 amide bonds. The van der Waals surface area contributed by atoms with Gasteiger partial charge < -0.3 is 14.6 Å². The molecule has 0 spiro atoms. The largest absolute Gasteiger partial charge is 0.508 e. The standard InChI is InChI=1S/C15H18O5/c1-3-19-14(17)10-12(15(18)20-4-2)8-11-6-5-7-13(16)9-11/h5-9,16H,3-4,10H2,1-2H3. The Balaban J connectivity index is 2.97. The van der Waals surface area contributed by atoms with Crippen molar-refractivity contribution in [3.8, 4) is 5.75 Å². The van der Waals surface area contributed by atoms with Crippen molar-refractivity contribution in [1.82, 2.24) is 0 Å². The second-order valence-electron chi connectivity index (χ2n) is 3.97. The molecule has 1 rings (SSSR count). The van der Waals surface area contributed by atoms with Crippen LogP contribution in [0.3, 0.4) is 0 Å². The number of rotatable bonds is 6. The van der Waals surface area contributed by atoms with Crippen LogP contribution in [0.5, 0.6) is 5.75 Å². The van der Waals surface area contributed by atoms with Crippen molar-refractivity contribution in [3.63, 3.8) is 0 Å². The molecule has 20 heavy (non-hydrogen) atoms. The van der Waals surface area contributed by atoms with E-state index in [-0.39, 0.29) is 31.0 Å². The summed E-state index contributed by atoms with van der Waals surface area (Å²) in [7, 11) is 0. The van der Waals surface area contributed by atoms with Crippen LogP contribution in [0.15, 0.2) is 29.8 Å². The minimum atomic E-state index is -0.566. The number of phenols is 1. The minimum Gasteiger partial charge on any atom is -0.508 e. The summed E-state index contributed by atoms with van der Waals surface area (Å²) >= 11 is 0. The van der Waals surface area contributed by atoms with E-state index >= 15 is 0 Å². The van der Waals surface area contributed by atoms with Crippen LogP contribution in [0, 0.1) is 0 Å². The van der Waals surface area contributed by atoms with Gasteiger partial charge in [0.05, 0.1) is 19.6 Å². The fraction of sp³-hybridized carbons (Fsp3) is 0.333. The lowest BCUT2D eigenvalue weighted by Crippen LogP contribution is -2.13. The van der Waals surface area contributed by atoms with E-state index in [1.165, 1.54) is 18.2 Å². The van der Waals surface area contributed by atoms with E-state index in [9.17, 15) is 14.7 Å². The average Bonchev–Trinajstić information content (AvgIpc) is 2.38. The predicted molar refractivity (Wildman–Crippen MR) is 74.0 cm³/mol. The number of ether oxygens (including phenoxy) is 2. The van der Waals surface area contributed by atoms with Crippen LogP contribution in [0.25, 0.3) is 6.08 Å². The highest BCUT2D eigenvalue weighted by molar-refractivity contribution is 5.98. The number of benzene rings is 1. The molecule has 0 aliphatic rings.